The summed E-state index contributed by atoms with van der Waals surface area (Å²) in [6.07, 6.45) is 0. The Bertz CT molecular complexity index is 974. The molecule has 1 unspecified atom stereocenters. The third-order valence-electron chi connectivity index (χ3n) is 4.18. The number of nitrogens with zero attached hydrogens (tertiary/aromatic N) is 2. The molecule has 0 fully saturated rings. The summed E-state index contributed by atoms with van der Waals surface area (Å²) in [6, 6.07) is 9.40. The lowest BCUT2D eigenvalue weighted by Crippen LogP contribution is -2.28. The van der Waals surface area contributed by atoms with Crippen LogP contribution in [0.2, 0.25) is 0 Å². The molecule has 1 aromatic carbocycles. The molecule has 0 aliphatic heterocycles. The third-order valence-corrected chi connectivity index (χ3v) is 5.50. The monoisotopic (exact) mass is 371 g/mol. The molecule has 0 aliphatic carbocycles. The van der Waals surface area contributed by atoms with Gasteiger partial charge in [0, 0.05) is 18.0 Å². The highest BCUT2D eigenvalue weighted by Crippen LogP contribution is 2.25. The lowest BCUT2D eigenvalue weighted by Gasteiger charge is -2.11. The second kappa shape index (κ2) is 7.29. The summed E-state index contributed by atoms with van der Waals surface area (Å²) in [5.41, 5.74) is 2.20. The van der Waals surface area contributed by atoms with E-state index in [9.17, 15) is 9.59 Å². The molecule has 3 rings (SSSR count). The highest BCUT2D eigenvalue weighted by molar-refractivity contribution is 7.13. The van der Waals surface area contributed by atoms with Crippen molar-refractivity contribution in [2.75, 3.05) is 6.61 Å². The van der Waals surface area contributed by atoms with E-state index in [1.54, 1.807) is 13.8 Å². The molecule has 3 aromatic rings. The van der Waals surface area contributed by atoms with E-state index in [4.69, 9.17) is 4.74 Å². The van der Waals surface area contributed by atoms with Gasteiger partial charge in [-0.05, 0) is 32.9 Å². The van der Waals surface area contributed by atoms with Crippen LogP contribution in [0.1, 0.15) is 50.8 Å². The number of carbonyl (C=O) groups excluding carboxylic acids is 2. The quantitative estimate of drug-likeness (QED) is 0.696. The van der Waals surface area contributed by atoms with Gasteiger partial charge in [0.25, 0.3) is 5.91 Å². The number of para-hydroxylation sites is 1. The number of thiazole rings is 1. The first-order valence-corrected chi connectivity index (χ1v) is 9.23. The zero-order chi connectivity index (χ0) is 18.8. The molecule has 0 aliphatic rings. The minimum atomic E-state index is -0.374. The fraction of sp³-hybridized carbons (Fsp3) is 0.316. The number of ether oxygens (including phenoxy) is 1. The summed E-state index contributed by atoms with van der Waals surface area (Å²) >= 11 is 1.25. The summed E-state index contributed by atoms with van der Waals surface area (Å²) in [6.45, 7) is 5.71. The molecule has 1 amide bonds. The van der Waals surface area contributed by atoms with Crippen LogP contribution < -0.4 is 5.32 Å². The fourth-order valence-electron chi connectivity index (χ4n) is 2.83. The fourth-order valence-corrected chi connectivity index (χ4v) is 3.79. The number of hydrogen-bond acceptors (Lipinski definition) is 5. The van der Waals surface area contributed by atoms with Gasteiger partial charge in [0.1, 0.15) is 15.6 Å². The first kappa shape index (κ1) is 18.1. The summed E-state index contributed by atoms with van der Waals surface area (Å²) in [5.74, 6) is -0.553. The van der Waals surface area contributed by atoms with Crippen LogP contribution in [0.5, 0.6) is 0 Å². The smallest absolute Gasteiger partial charge is 0.350 e. The van der Waals surface area contributed by atoms with Crippen LogP contribution in [0.3, 0.4) is 0 Å². The third kappa shape index (κ3) is 3.35. The number of benzene rings is 1. The number of rotatable bonds is 5. The predicted molar refractivity (Wildman–Crippen MR) is 102 cm³/mol. The van der Waals surface area contributed by atoms with E-state index in [1.807, 2.05) is 48.9 Å². The standard InChI is InChI=1S/C19H21N3O3S/c1-5-25-19(24)16-11(2)21-18(26-16)12(3)20-17(23)15-10-13-8-6-7-9-14(13)22(15)4/h6-10,12H,5H2,1-4H3,(H,20,23). The van der Waals surface area contributed by atoms with Crippen molar-refractivity contribution < 1.29 is 14.3 Å². The molecule has 0 saturated carbocycles. The van der Waals surface area contributed by atoms with Gasteiger partial charge in [-0.25, -0.2) is 9.78 Å². The van der Waals surface area contributed by atoms with Crippen LogP contribution in [-0.4, -0.2) is 28.0 Å². The Balaban J connectivity index is 1.80. The van der Waals surface area contributed by atoms with Crippen molar-refractivity contribution in [2.24, 2.45) is 7.05 Å². The minimum Gasteiger partial charge on any atom is -0.462 e. The molecule has 0 bridgehead atoms. The molecule has 2 heterocycles. The first-order chi connectivity index (χ1) is 12.4. The first-order valence-electron chi connectivity index (χ1n) is 8.42. The van der Waals surface area contributed by atoms with Crippen LogP contribution in [-0.2, 0) is 11.8 Å². The van der Waals surface area contributed by atoms with E-state index >= 15 is 0 Å². The Morgan fingerprint density at radius 2 is 2.08 bits per heavy atom. The molecule has 0 spiro atoms. The molecular weight excluding hydrogens is 350 g/mol. The van der Waals surface area contributed by atoms with E-state index in [1.165, 1.54) is 11.3 Å². The predicted octanol–water partition coefficient (Wildman–Crippen LogP) is 3.61. The van der Waals surface area contributed by atoms with Crippen LogP contribution >= 0.6 is 11.3 Å². The Morgan fingerprint density at radius 3 is 2.77 bits per heavy atom. The zero-order valence-corrected chi connectivity index (χ0v) is 16.0. The average Bonchev–Trinajstić information content (AvgIpc) is 3.16. The zero-order valence-electron chi connectivity index (χ0n) is 15.2. The lowest BCUT2D eigenvalue weighted by atomic mass is 10.2. The molecule has 1 atom stereocenters. The molecule has 7 heteroatoms. The Kier molecular flexibility index (Phi) is 5.08. The summed E-state index contributed by atoms with van der Waals surface area (Å²) in [5, 5.41) is 4.66. The average molecular weight is 371 g/mol. The maximum absolute atomic E-state index is 12.7. The number of aromatic nitrogens is 2. The topological polar surface area (TPSA) is 73.2 Å². The number of hydrogen-bond donors (Lipinski definition) is 1. The van der Waals surface area contributed by atoms with E-state index in [2.05, 4.69) is 10.3 Å². The largest absolute Gasteiger partial charge is 0.462 e. The number of esters is 1. The van der Waals surface area contributed by atoms with Crippen LogP contribution in [0.25, 0.3) is 10.9 Å². The lowest BCUT2D eigenvalue weighted by molar-refractivity contribution is 0.0531. The van der Waals surface area contributed by atoms with Crippen molar-refractivity contribution >= 4 is 34.1 Å². The van der Waals surface area contributed by atoms with Gasteiger partial charge < -0.3 is 14.6 Å². The SMILES string of the molecule is CCOC(=O)c1sc(C(C)NC(=O)c2cc3ccccc3n2C)nc1C. The Morgan fingerprint density at radius 1 is 1.35 bits per heavy atom. The van der Waals surface area contributed by atoms with E-state index < -0.39 is 0 Å². The summed E-state index contributed by atoms with van der Waals surface area (Å²) in [4.78, 5) is 29.5. The van der Waals surface area contributed by atoms with Gasteiger partial charge in [0.05, 0.1) is 18.3 Å². The molecule has 1 N–H and O–H groups in total. The van der Waals surface area contributed by atoms with Gasteiger partial charge in [-0.1, -0.05) is 18.2 Å². The van der Waals surface area contributed by atoms with E-state index in [0.717, 1.165) is 10.9 Å². The van der Waals surface area contributed by atoms with Crippen LogP contribution in [0.15, 0.2) is 30.3 Å². The molecule has 6 nitrogen and oxygen atoms in total. The maximum Gasteiger partial charge on any atom is 0.350 e. The summed E-state index contributed by atoms with van der Waals surface area (Å²) < 4.78 is 6.91. The number of aryl methyl sites for hydroxylation is 2. The molecule has 26 heavy (non-hydrogen) atoms. The number of fused-ring (bicyclic) bond motifs is 1. The normalized spacial score (nSPS) is 12.2. The highest BCUT2D eigenvalue weighted by atomic mass is 32.1. The summed E-state index contributed by atoms with van der Waals surface area (Å²) in [7, 11) is 1.87. The van der Waals surface area contributed by atoms with Crippen molar-refractivity contribution in [1.29, 1.82) is 0 Å². The molecule has 0 saturated heterocycles. The molecular formula is C19H21N3O3S. The number of carbonyl (C=O) groups is 2. The number of nitrogens with one attached hydrogen (secondary N) is 1. The van der Waals surface area contributed by atoms with Gasteiger partial charge in [-0.15, -0.1) is 11.3 Å². The maximum atomic E-state index is 12.7. The van der Waals surface area contributed by atoms with Crippen molar-refractivity contribution in [3.63, 3.8) is 0 Å². The van der Waals surface area contributed by atoms with Crippen LogP contribution in [0.4, 0.5) is 0 Å². The van der Waals surface area contributed by atoms with Crippen molar-refractivity contribution in [3.05, 3.63) is 51.6 Å². The van der Waals surface area contributed by atoms with Crippen molar-refractivity contribution in [2.45, 2.75) is 26.8 Å². The molecule has 136 valence electrons. The van der Waals surface area contributed by atoms with Gasteiger partial charge in [-0.3, -0.25) is 4.79 Å². The second-order valence-corrected chi connectivity index (χ2v) is 7.06. The molecule has 0 radical (unpaired) electrons. The second-order valence-electron chi connectivity index (χ2n) is 6.03. The van der Waals surface area contributed by atoms with Gasteiger partial charge in [0.2, 0.25) is 0 Å². The van der Waals surface area contributed by atoms with Gasteiger partial charge >= 0.3 is 5.97 Å². The number of amides is 1. The van der Waals surface area contributed by atoms with E-state index in [0.29, 0.717) is 27.9 Å². The van der Waals surface area contributed by atoms with Gasteiger partial charge in [-0.2, -0.15) is 0 Å². The molecule has 2 aromatic heterocycles. The van der Waals surface area contributed by atoms with Crippen molar-refractivity contribution in [1.82, 2.24) is 14.9 Å². The Labute approximate surface area is 155 Å². The minimum absolute atomic E-state index is 0.179. The van der Waals surface area contributed by atoms with E-state index in [-0.39, 0.29) is 17.9 Å². The van der Waals surface area contributed by atoms with Crippen molar-refractivity contribution in [3.8, 4) is 0 Å². The van der Waals surface area contributed by atoms with Crippen LogP contribution in [0, 0.1) is 6.92 Å². The van der Waals surface area contributed by atoms with Gasteiger partial charge in [0.15, 0.2) is 0 Å². The highest BCUT2D eigenvalue weighted by Gasteiger charge is 2.22. The Hall–Kier alpha value is -2.67.